The number of rotatable bonds is 4. The minimum Gasteiger partial charge on any atom is -0.341 e. The normalized spacial score (nSPS) is 17.7. The molecule has 86 valence electrons. The predicted molar refractivity (Wildman–Crippen MR) is 62.7 cm³/mol. The molecule has 1 heterocycles. The Kier molecular flexibility index (Phi) is 4.82. The largest absolute Gasteiger partial charge is 0.341 e. The van der Waals surface area contributed by atoms with Crippen LogP contribution < -0.4 is 5.32 Å². The van der Waals surface area contributed by atoms with Gasteiger partial charge in [-0.15, -0.1) is 0 Å². The maximum atomic E-state index is 11.9. The van der Waals surface area contributed by atoms with E-state index in [4.69, 9.17) is 0 Å². The highest BCUT2D eigenvalue weighted by molar-refractivity contribution is 5.81. The fourth-order valence-corrected chi connectivity index (χ4v) is 1.74. The van der Waals surface area contributed by atoms with E-state index < -0.39 is 0 Å². The Balaban J connectivity index is 2.29. The number of carbonyl (C=O) groups excluding carboxylic acids is 1. The Hall–Kier alpha value is -0.830. The van der Waals surface area contributed by atoms with Crippen LogP contribution in [0.25, 0.3) is 0 Å². The second kappa shape index (κ2) is 5.91. The molecular weight excluding hydrogens is 188 g/mol. The van der Waals surface area contributed by atoms with Gasteiger partial charge in [-0.1, -0.05) is 11.6 Å². The van der Waals surface area contributed by atoms with E-state index in [1.807, 2.05) is 11.8 Å². The summed E-state index contributed by atoms with van der Waals surface area (Å²) in [5, 5.41) is 3.22. The van der Waals surface area contributed by atoms with Crippen molar-refractivity contribution in [2.75, 3.05) is 19.6 Å². The third kappa shape index (κ3) is 4.04. The van der Waals surface area contributed by atoms with Crippen molar-refractivity contribution in [2.24, 2.45) is 0 Å². The summed E-state index contributed by atoms with van der Waals surface area (Å²) < 4.78 is 0. The number of likely N-dealkylation sites (tertiary alicyclic amines) is 1. The van der Waals surface area contributed by atoms with Gasteiger partial charge in [-0.2, -0.15) is 0 Å². The first-order chi connectivity index (χ1) is 7.11. The molecule has 3 heteroatoms. The van der Waals surface area contributed by atoms with Gasteiger partial charge in [-0.3, -0.25) is 4.79 Å². The number of carbonyl (C=O) groups is 1. The lowest BCUT2D eigenvalue weighted by molar-refractivity contribution is -0.131. The molecule has 1 N–H and O–H groups in total. The molecule has 0 aromatic carbocycles. The molecule has 1 saturated heterocycles. The number of nitrogens with zero attached hydrogens (tertiary/aromatic N) is 1. The van der Waals surface area contributed by atoms with Crippen molar-refractivity contribution in [1.29, 1.82) is 0 Å². The van der Waals surface area contributed by atoms with Crippen LogP contribution in [0.3, 0.4) is 0 Å². The summed E-state index contributed by atoms with van der Waals surface area (Å²) in [5.74, 6) is 0.245. The summed E-state index contributed by atoms with van der Waals surface area (Å²) >= 11 is 0. The Morgan fingerprint density at radius 2 is 2.00 bits per heavy atom. The van der Waals surface area contributed by atoms with Gasteiger partial charge in [0.25, 0.3) is 0 Å². The van der Waals surface area contributed by atoms with Gasteiger partial charge in [0.1, 0.15) is 0 Å². The Bertz CT molecular complexity index is 238. The third-order valence-electron chi connectivity index (χ3n) is 2.72. The minimum absolute atomic E-state index is 0.0568. The molecule has 0 saturated carbocycles. The van der Waals surface area contributed by atoms with Crippen molar-refractivity contribution in [3.05, 3.63) is 11.6 Å². The van der Waals surface area contributed by atoms with E-state index in [1.54, 1.807) is 0 Å². The molecule has 0 spiro atoms. The average Bonchev–Trinajstić information content (AvgIpc) is 2.68. The smallest absolute Gasteiger partial charge is 0.239 e. The van der Waals surface area contributed by atoms with Crippen molar-refractivity contribution < 1.29 is 4.79 Å². The molecule has 0 aromatic heterocycles. The minimum atomic E-state index is -0.0568. The first kappa shape index (κ1) is 12.2. The number of allylic oxidation sites excluding steroid dienone is 1. The molecular formula is C12H22N2O. The summed E-state index contributed by atoms with van der Waals surface area (Å²) in [7, 11) is 0. The van der Waals surface area contributed by atoms with Crippen molar-refractivity contribution >= 4 is 5.91 Å². The zero-order valence-corrected chi connectivity index (χ0v) is 10.0. The van der Waals surface area contributed by atoms with Gasteiger partial charge in [0.05, 0.1) is 6.04 Å². The van der Waals surface area contributed by atoms with Crippen molar-refractivity contribution in [3.8, 4) is 0 Å². The highest BCUT2D eigenvalue weighted by Gasteiger charge is 2.22. The Morgan fingerprint density at radius 3 is 2.53 bits per heavy atom. The first-order valence-electron chi connectivity index (χ1n) is 5.77. The van der Waals surface area contributed by atoms with Gasteiger partial charge < -0.3 is 10.2 Å². The van der Waals surface area contributed by atoms with E-state index in [0.29, 0.717) is 0 Å². The number of nitrogens with one attached hydrogen (secondary N) is 1. The topological polar surface area (TPSA) is 32.3 Å². The van der Waals surface area contributed by atoms with Crippen LogP contribution in [-0.2, 0) is 4.79 Å². The summed E-state index contributed by atoms with van der Waals surface area (Å²) in [5.41, 5.74) is 1.28. The Labute approximate surface area is 92.5 Å². The van der Waals surface area contributed by atoms with E-state index in [1.165, 1.54) is 5.57 Å². The molecule has 1 amide bonds. The van der Waals surface area contributed by atoms with Crippen LogP contribution in [0, 0.1) is 0 Å². The molecule has 0 bridgehead atoms. The summed E-state index contributed by atoms with van der Waals surface area (Å²) in [6, 6.07) is -0.0568. The zero-order chi connectivity index (χ0) is 11.3. The lowest BCUT2D eigenvalue weighted by Gasteiger charge is -2.20. The van der Waals surface area contributed by atoms with Gasteiger partial charge in [0.2, 0.25) is 5.91 Å². The molecule has 3 nitrogen and oxygen atoms in total. The van der Waals surface area contributed by atoms with E-state index in [2.05, 4.69) is 25.2 Å². The fraction of sp³-hybridized carbons (Fsp3) is 0.750. The van der Waals surface area contributed by atoms with Crippen molar-refractivity contribution in [2.45, 2.75) is 39.7 Å². The standard InChI is InChI=1S/C12H22N2O/c1-10(2)6-7-13-11(3)12(15)14-8-4-5-9-14/h6,11,13H,4-5,7-9H2,1-3H3. The average molecular weight is 210 g/mol. The predicted octanol–water partition coefficient (Wildman–Crippen LogP) is 1.55. The molecule has 0 aromatic rings. The van der Waals surface area contributed by atoms with Crippen LogP contribution in [0.2, 0.25) is 0 Å². The summed E-state index contributed by atoms with van der Waals surface area (Å²) in [4.78, 5) is 13.8. The van der Waals surface area contributed by atoms with E-state index >= 15 is 0 Å². The van der Waals surface area contributed by atoms with Crippen LogP contribution in [0.1, 0.15) is 33.6 Å². The lowest BCUT2D eigenvalue weighted by Crippen LogP contribution is -2.43. The monoisotopic (exact) mass is 210 g/mol. The SMILES string of the molecule is CC(C)=CCNC(C)C(=O)N1CCCC1. The van der Waals surface area contributed by atoms with E-state index in [0.717, 1.165) is 32.5 Å². The lowest BCUT2D eigenvalue weighted by atomic mass is 10.2. The maximum absolute atomic E-state index is 11.9. The summed E-state index contributed by atoms with van der Waals surface area (Å²) in [6.45, 7) is 8.73. The van der Waals surface area contributed by atoms with Crippen molar-refractivity contribution in [1.82, 2.24) is 10.2 Å². The molecule has 15 heavy (non-hydrogen) atoms. The summed E-state index contributed by atoms with van der Waals surface area (Å²) in [6.07, 6.45) is 4.42. The second-order valence-corrected chi connectivity index (χ2v) is 4.44. The highest BCUT2D eigenvalue weighted by atomic mass is 16.2. The molecule has 0 radical (unpaired) electrons. The van der Waals surface area contributed by atoms with Gasteiger partial charge in [-0.25, -0.2) is 0 Å². The van der Waals surface area contributed by atoms with Crippen LogP contribution >= 0.6 is 0 Å². The maximum Gasteiger partial charge on any atom is 0.239 e. The molecule has 1 rings (SSSR count). The third-order valence-corrected chi connectivity index (χ3v) is 2.72. The molecule has 1 aliphatic rings. The fourth-order valence-electron chi connectivity index (χ4n) is 1.74. The first-order valence-corrected chi connectivity index (χ1v) is 5.77. The molecule has 1 unspecified atom stereocenters. The number of hydrogen-bond acceptors (Lipinski definition) is 2. The zero-order valence-electron chi connectivity index (χ0n) is 10.0. The molecule has 1 aliphatic heterocycles. The van der Waals surface area contributed by atoms with Crippen LogP contribution in [0.5, 0.6) is 0 Å². The Morgan fingerprint density at radius 1 is 1.40 bits per heavy atom. The highest BCUT2D eigenvalue weighted by Crippen LogP contribution is 2.08. The molecule has 1 atom stereocenters. The van der Waals surface area contributed by atoms with Gasteiger partial charge in [0, 0.05) is 19.6 Å². The second-order valence-electron chi connectivity index (χ2n) is 4.44. The van der Waals surface area contributed by atoms with Gasteiger partial charge in [0.15, 0.2) is 0 Å². The van der Waals surface area contributed by atoms with Gasteiger partial charge >= 0.3 is 0 Å². The van der Waals surface area contributed by atoms with Crippen LogP contribution in [-0.4, -0.2) is 36.5 Å². The number of hydrogen-bond donors (Lipinski definition) is 1. The number of amides is 1. The molecule has 0 aliphatic carbocycles. The molecule has 1 fully saturated rings. The van der Waals surface area contributed by atoms with E-state index in [9.17, 15) is 4.79 Å². The van der Waals surface area contributed by atoms with E-state index in [-0.39, 0.29) is 11.9 Å². The van der Waals surface area contributed by atoms with Crippen molar-refractivity contribution in [3.63, 3.8) is 0 Å². The van der Waals surface area contributed by atoms with Crippen LogP contribution in [0.15, 0.2) is 11.6 Å². The van der Waals surface area contributed by atoms with Crippen LogP contribution in [0.4, 0.5) is 0 Å². The quantitative estimate of drug-likeness (QED) is 0.714. The van der Waals surface area contributed by atoms with Gasteiger partial charge in [-0.05, 0) is 33.6 Å².